The normalized spacial score (nSPS) is 14.4. The van der Waals surface area contributed by atoms with E-state index in [2.05, 4.69) is 19.2 Å². The molecule has 0 radical (unpaired) electrons. The van der Waals surface area contributed by atoms with Gasteiger partial charge >= 0.3 is 0 Å². The molecule has 1 aromatic rings. The molecule has 0 heterocycles. The van der Waals surface area contributed by atoms with Gasteiger partial charge in [-0.25, -0.2) is 4.39 Å². The van der Waals surface area contributed by atoms with Crippen molar-refractivity contribution < 1.29 is 9.13 Å². The third-order valence-electron chi connectivity index (χ3n) is 2.93. The topological polar surface area (TPSA) is 21.3 Å². The van der Waals surface area contributed by atoms with E-state index in [1.165, 1.54) is 13.2 Å². The number of methoxy groups -OCH3 is 1. The second kappa shape index (κ2) is 6.60. The minimum atomic E-state index is -0.304. The van der Waals surface area contributed by atoms with Crippen LogP contribution in [0.3, 0.4) is 0 Å². The molecule has 0 spiro atoms. The van der Waals surface area contributed by atoms with E-state index < -0.39 is 0 Å². The van der Waals surface area contributed by atoms with E-state index in [4.69, 9.17) is 4.74 Å². The first kappa shape index (κ1) is 14.0. The summed E-state index contributed by atoms with van der Waals surface area (Å²) in [5.41, 5.74) is 0.950. The summed E-state index contributed by atoms with van der Waals surface area (Å²) in [5.74, 6) is -0.00986. The fourth-order valence-corrected chi connectivity index (χ4v) is 1.99. The van der Waals surface area contributed by atoms with Crippen LogP contribution in [0.2, 0.25) is 0 Å². The van der Waals surface area contributed by atoms with Crippen molar-refractivity contribution in [3.63, 3.8) is 0 Å². The predicted molar refractivity (Wildman–Crippen MR) is 68.9 cm³/mol. The molecule has 0 aliphatic carbocycles. The quantitative estimate of drug-likeness (QED) is 0.817. The first-order valence-corrected chi connectivity index (χ1v) is 6.18. The van der Waals surface area contributed by atoms with Crippen LogP contribution in [0.1, 0.15) is 45.2 Å². The van der Waals surface area contributed by atoms with Crippen LogP contribution in [0.4, 0.5) is 4.39 Å². The summed E-state index contributed by atoms with van der Waals surface area (Å²) in [6, 6.07) is 5.71. The molecule has 2 atom stereocenters. The maximum Gasteiger partial charge on any atom is 0.165 e. The van der Waals surface area contributed by atoms with Gasteiger partial charge in [0.2, 0.25) is 0 Å². The van der Waals surface area contributed by atoms with Crippen molar-refractivity contribution in [3.05, 3.63) is 29.6 Å². The van der Waals surface area contributed by atoms with E-state index in [9.17, 15) is 4.39 Å². The molecule has 0 saturated heterocycles. The first-order chi connectivity index (χ1) is 8.08. The van der Waals surface area contributed by atoms with Gasteiger partial charge in [0, 0.05) is 12.1 Å². The summed E-state index contributed by atoms with van der Waals surface area (Å²) in [7, 11) is 1.48. The zero-order valence-corrected chi connectivity index (χ0v) is 11.1. The molecule has 1 aromatic carbocycles. The highest BCUT2D eigenvalue weighted by molar-refractivity contribution is 5.30. The summed E-state index contributed by atoms with van der Waals surface area (Å²) < 4.78 is 18.4. The number of ether oxygens (including phenoxy) is 1. The Kier molecular flexibility index (Phi) is 5.42. The monoisotopic (exact) mass is 239 g/mol. The average Bonchev–Trinajstić information content (AvgIpc) is 2.29. The highest BCUT2D eigenvalue weighted by atomic mass is 19.1. The van der Waals surface area contributed by atoms with E-state index >= 15 is 0 Å². The van der Waals surface area contributed by atoms with E-state index in [-0.39, 0.29) is 11.9 Å². The molecule has 2 nitrogen and oxygen atoms in total. The molecule has 17 heavy (non-hydrogen) atoms. The molecule has 1 N–H and O–H groups in total. The molecule has 0 aliphatic rings. The maximum atomic E-state index is 13.5. The van der Waals surface area contributed by atoms with Crippen LogP contribution in [-0.2, 0) is 0 Å². The van der Waals surface area contributed by atoms with Crippen LogP contribution in [-0.4, -0.2) is 13.2 Å². The fourth-order valence-electron chi connectivity index (χ4n) is 1.99. The Labute approximate surface area is 103 Å². The number of hydrogen-bond acceptors (Lipinski definition) is 2. The number of nitrogens with one attached hydrogen (secondary N) is 1. The van der Waals surface area contributed by atoms with Crippen molar-refractivity contribution in [1.29, 1.82) is 0 Å². The van der Waals surface area contributed by atoms with Crippen molar-refractivity contribution in [1.82, 2.24) is 5.32 Å². The second-order valence-corrected chi connectivity index (χ2v) is 4.47. The predicted octanol–water partition coefficient (Wildman–Crippen LogP) is 3.67. The van der Waals surface area contributed by atoms with Crippen LogP contribution in [0, 0.1) is 5.82 Å². The third-order valence-corrected chi connectivity index (χ3v) is 2.93. The van der Waals surface area contributed by atoms with Crippen LogP contribution in [0.15, 0.2) is 18.2 Å². The van der Waals surface area contributed by atoms with Gasteiger partial charge in [-0.15, -0.1) is 0 Å². The minimum absolute atomic E-state index is 0.150. The van der Waals surface area contributed by atoms with Crippen LogP contribution in [0.5, 0.6) is 5.75 Å². The first-order valence-electron chi connectivity index (χ1n) is 6.18. The smallest absolute Gasteiger partial charge is 0.165 e. The highest BCUT2D eigenvalue weighted by Crippen LogP contribution is 2.22. The average molecular weight is 239 g/mol. The maximum absolute atomic E-state index is 13.5. The molecule has 0 amide bonds. The molecule has 2 unspecified atom stereocenters. The van der Waals surface area contributed by atoms with Crippen LogP contribution < -0.4 is 10.1 Å². The number of rotatable bonds is 6. The molecule has 96 valence electrons. The van der Waals surface area contributed by atoms with Gasteiger partial charge < -0.3 is 10.1 Å². The van der Waals surface area contributed by atoms with Gasteiger partial charge in [0.25, 0.3) is 0 Å². The van der Waals surface area contributed by atoms with Gasteiger partial charge in [0.1, 0.15) is 0 Å². The molecule has 3 heteroatoms. The molecule has 0 aromatic heterocycles. The Morgan fingerprint density at radius 2 is 2.06 bits per heavy atom. The Hall–Kier alpha value is -1.09. The molecule has 0 fully saturated rings. The van der Waals surface area contributed by atoms with Crippen molar-refractivity contribution in [2.24, 2.45) is 0 Å². The van der Waals surface area contributed by atoms with Crippen molar-refractivity contribution in [2.45, 2.75) is 45.7 Å². The zero-order chi connectivity index (χ0) is 12.8. The Bertz CT molecular complexity index is 354. The SMILES string of the molecule is CCCC(C)NC(C)c1ccc(OC)c(F)c1. The summed E-state index contributed by atoms with van der Waals surface area (Å²) in [6.07, 6.45) is 2.28. The lowest BCUT2D eigenvalue weighted by Gasteiger charge is -2.20. The fraction of sp³-hybridized carbons (Fsp3) is 0.571. The van der Waals surface area contributed by atoms with Crippen LogP contribution >= 0.6 is 0 Å². The van der Waals surface area contributed by atoms with Crippen molar-refractivity contribution >= 4 is 0 Å². The zero-order valence-electron chi connectivity index (χ0n) is 11.1. The summed E-state index contributed by atoms with van der Waals surface area (Å²) in [5, 5.41) is 3.45. The standard InChI is InChI=1S/C14H22FNO/c1-5-6-10(2)16-11(3)12-7-8-14(17-4)13(15)9-12/h7-11,16H,5-6H2,1-4H3. The lowest BCUT2D eigenvalue weighted by Crippen LogP contribution is -2.28. The molecular weight excluding hydrogens is 217 g/mol. The lowest BCUT2D eigenvalue weighted by molar-refractivity contribution is 0.385. The number of benzene rings is 1. The Balaban J connectivity index is 2.69. The molecule has 0 aliphatic heterocycles. The van der Waals surface area contributed by atoms with Crippen molar-refractivity contribution in [3.8, 4) is 5.75 Å². The molecule has 0 saturated carbocycles. The Morgan fingerprint density at radius 3 is 2.59 bits per heavy atom. The van der Waals surface area contributed by atoms with E-state index in [0.717, 1.165) is 18.4 Å². The van der Waals surface area contributed by atoms with Crippen LogP contribution in [0.25, 0.3) is 0 Å². The largest absolute Gasteiger partial charge is 0.494 e. The highest BCUT2D eigenvalue weighted by Gasteiger charge is 2.11. The van der Waals surface area contributed by atoms with Gasteiger partial charge in [-0.2, -0.15) is 0 Å². The summed E-state index contributed by atoms with van der Waals surface area (Å²) in [4.78, 5) is 0. The molecule has 0 bridgehead atoms. The van der Waals surface area contributed by atoms with Crippen molar-refractivity contribution in [2.75, 3.05) is 7.11 Å². The second-order valence-electron chi connectivity index (χ2n) is 4.47. The van der Waals surface area contributed by atoms with Gasteiger partial charge in [-0.3, -0.25) is 0 Å². The van der Waals surface area contributed by atoms with Gasteiger partial charge in [-0.1, -0.05) is 19.4 Å². The number of hydrogen-bond donors (Lipinski definition) is 1. The van der Waals surface area contributed by atoms with E-state index in [1.54, 1.807) is 6.07 Å². The van der Waals surface area contributed by atoms with Gasteiger partial charge in [-0.05, 0) is 38.0 Å². The minimum Gasteiger partial charge on any atom is -0.494 e. The van der Waals surface area contributed by atoms with Gasteiger partial charge in [0.05, 0.1) is 7.11 Å². The lowest BCUT2D eigenvalue weighted by atomic mass is 10.1. The van der Waals surface area contributed by atoms with Gasteiger partial charge in [0.15, 0.2) is 11.6 Å². The third kappa shape index (κ3) is 4.00. The Morgan fingerprint density at radius 1 is 1.35 bits per heavy atom. The summed E-state index contributed by atoms with van der Waals surface area (Å²) >= 11 is 0. The molecule has 1 rings (SSSR count). The van der Waals surface area contributed by atoms with E-state index in [1.807, 2.05) is 13.0 Å². The molecular formula is C14H22FNO. The summed E-state index contributed by atoms with van der Waals surface area (Å²) in [6.45, 7) is 6.36. The van der Waals surface area contributed by atoms with E-state index in [0.29, 0.717) is 11.8 Å². The number of halogens is 1.